The number of aryl methyl sites for hydroxylation is 1. The number of benzene rings is 1. The Morgan fingerprint density at radius 2 is 2.12 bits per heavy atom. The van der Waals surface area contributed by atoms with Crippen molar-refractivity contribution in [3.63, 3.8) is 0 Å². The molecule has 2 heteroatoms. The normalized spacial score (nSPS) is 28.0. The summed E-state index contributed by atoms with van der Waals surface area (Å²) >= 11 is 0. The summed E-state index contributed by atoms with van der Waals surface area (Å²) in [4.78, 5) is 0. The average molecular weight is 231 g/mol. The molecule has 0 spiro atoms. The zero-order valence-corrected chi connectivity index (χ0v) is 10.3. The Hall–Kier alpha value is -0.860. The molecule has 1 aliphatic carbocycles. The number of hydrogen-bond acceptors (Lipinski definition) is 2. The second-order valence-corrected chi connectivity index (χ2v) is 5.19. The molecule has 92 valence electrons. The molecule has 2 atom stereocenters. The molecule has 0 aromatic heterocycles. The predicted octanol–water partition coefficient (Wildman–Crippen LogP) is 2.83. The van der Waals surface area contributed by atoms with Crippen molar-refractivity contribution >= 4 is 0 Å². The van der Waals surface area contributed by atoms with Crippen molar-refractivity contribution in [3.05, 3.63) is 35.4 Å². The molecular weight excluding hydrogens is 210 g/mol. The lowest BCUT2D eigenvalue weighted by atomic mass is 10.1. The highest BCUT2D eigenvalue weighted by molar-refractivity contribution is 5.34. The van der Waals surface area contributed by atoms with Crippen molar-refractivity contribution in [1.82, 2.24) is 5.32 Å². The van der Waals surface area contributed by atoms with Gasteiger partial charge >= 0.3 is 0 Å². The van der Waals surface area contributed by atoms with Gasteiger partial charge in [-0.2, -0.15) is 0 Å². The van der Waals surface area contributed by atoms with Crippen LogP contribution in [0, 0.1) is 0 Å². The Balaban J connectivity index is 1.56. The first-order valence-electron chi connectivity index (χ1n) is 6.86. The smallest absolute Gasteiger partial charge is 0.0699 e. The summed E-state index contributed by atoms with van der Waals surface area (Å²) < 4.78 is 5.76. The highest BCUT2D eigenvalue weighted by atomic mass is 16.5. The fraction of sp³-hybridized carbons (Fsp3) is 0.600. The number of fused-ring (bicyclic) bond motifs is 1. The third-order valence-corrected chi connectivity index (χ3v) is 4.00. The summed E-state index contributed by atoms with van der Waals surface area (Å²) in [5, 5.41) is 3.68. The zero-order valence-electron chi connectivity index (χ0n) is 10.3. The van der Waals surface area contributed by atoms with Gasteiger partial charge in [-0.15, -0.1) is 0 Å². The molecule has 2 aliphatic rings. The van der Waals surface area contributed by atoms with E-state index in [-0.39, 0.29) is 0 Å². The van der Waals surface area contributed by atoms with E-state index < -0.39 is 0 Å². The molecule has 0 amide bonds. The molecule has 1 saturated heterocycles. The first-order valence-corrected chi connectivity index (χ1v) is 6.86. The Morgan fingerprint density at radius 3 is 3.00 bits per heavy atom. The Bertz CT molecular complexity index is 371. The standard InChI is InChI=1S/C15H21NO/c1-2-7-14-12(5-1)8-9-15(14)16-11-13-6-3-4-10-17-13/h1-2,5,7,13,15-16H,3-4,6,8-11H2. The topological polar surface area (TPSA) is 21.3 Å². The minimum absolute atomic E-state index is 0.441. The van der Waals surface area contributed by atoms with Crippen LogP contribution in [0.4, 0.5) is 0 Å². The fourth-order valence-corrected chi connectivity index (χ4v) is 3.01. The molecule has 0 radical (unpaired) electrons. The molecular formula is C15H21NO. The lowest BCUT2D eigenvalue weighted by Gasteiger charge is -2.25. The van der Waals surface area contributed by atoms with Crippen molar-refractivity contribution in [1.29, 1.82) is 0 Å². The number of nitrogens with one attached hydrogen (secondary N) is 1. The van der Waals surface area contributed by atoms with Crippen LogP contribution in [0.2, 0.25) is 0 Å². The van der Waals surface area contributed by atoms with Crippen molar-refractivity contribution in [2.75, 3.05) is 13.2 Å². The van der Waals surface area contributed by atoms with Gasteiger partial charge in [-0.25, -0.2) is 0 Å². The Kier molecular flexibility index (Phi) is 3.44. The number of rotatable bonds is 3. The second kappa shape index (κ2) is 5.19. The molecule has 1 heterocycles. The molecule has 1 N–H and O–H groups in total. The van der Waals surface area contributed by atoms with E-state index in [1.165, 1.54) is 43.2 Å². The van der Waals surface area contributed by atoms with Crippen LogP contribution in [0.25, 0.3) is 0 Å². The first-order chi connectivity index (χ1) is 8.43. The van der Waals surface area contributed by atoms with Gasteiger partial charge in [0.15, 0.2) is 0 Å². The minimum Gasteiger partial charge on any atom is -0.377 e. The Labute approximate surface area is 103 Å². The Morgan fingerprint density at radius 1 is 1.18 bits per heavy atom. The third kappa shape index (κ3) is 2.53. The summed E-state index contributed by atoms with van der Waals surface area (Å²) in [6.45, 7) is 1.96. The van der Waals surface area contributed by atoms with E-state index in [9.17, 15) is 0 Å². The zero-order chi connectivity index (χ0) is 11.5. The van der Waals surface area contributed by atoms with Gasteiger partial charge in [-0.1, -0.05) is 24.3 Å². The van der Waals surface area contributed by atoms with Crippen LogP contribution < -0.4 is 5.32 Å². The SMILES string of the molecule is c1ccc2c(c1)CCC2NCC1CCCCO1. The predicted molar refractivity (Wildman–Crippen MR) is 69.1 cm³/mol. The van der Waals surface area contributed by atoms with E-state index in [4.69, 9.17) is 4.74 Å². The van der Waals surface area contributed by atoms with Crippen LogP contribution in [-0.4, -0.2) is 19.3 Å². The molecule has 2 unspecified atom stereocenters. The summed E-state index contributed by atoms with van der Waals surface area (Å²) in [7, 11) is 0. The van der Waals surface area contributed by atoms with E-state index in [1.807, 2.05) is 0 Å². The van der Waals surface area contributed by atoms with E-state index >= 15 is 0 Å². The fourth-order valence-electron chi connectivity index (χ4n) is 3.01. The van der Waals surface area contributed by atoms with Gasteiger partial charge in [0.1, 0.15) is 0 Å². The maximum absolute atomic E-state index is 5.76. The van der Waals surface area contributed by atoms with Gasteiger partial charge < -0.3 is 10.1 Å². The molecule has 17 heavy (non-hydrogen) atoms. The van der Waals surface area contributed by atoms with Crippen molar-refractivity contribution in [2.45, 2.75) is 44.2 Å². The van der Waals surface area contributed by atoms with Crippen LogP contribution in [-0.2, 0) is 11.2 Å². The lowest BCUT2D eigenvalue weighted by Crippen LogP contribution is -2.33. The molecule has 0 saturated carbocycles. The molecule has 0 bridgehead atoms. The highest BCUT2D eigenvalue weighted by Crippen LogP contribution is 2.30. The molecule has 2 nitrogen and oxygen atoms in total. The first kappa shape index (κ1) is 11.2. The van der Waals surface area contributed by atoms with Crippen LogP contribution in [0.15, 0.2) is 24.3 Å². The maximum atomic E-state index is 5.76. The van der Waals surface area contributed by atoms with Crippen LogP contribution in [0.3, 0.4) is 0 Å². The molecule has 1 aromatic rings. The van der Waals surface area contributed by atoms with Gasteiger partial charge in [-0.3, -0.25) is 0 Å². The van der Waals surface area contributed by atoms with Crippen molar-refractivity contribution < 1.29 is 4.74 Å². The van der Waals surface area contributed by atoms with Crippen LogP contribution in [0.5, 0.6) is 0 Å². The summed E-state index contributed by atoms with van der Waals surface area (Å²) in [6.07, 6.45) is 6.69. The van der Waals surface area contributed by atoms with E-state index in [0.717, 1.165) is 13.2 Å². The minimum atomic E-state index is 0.441. The van der Waals surface area contributed by atoms with Gasteiger partial charge in [0.25, 0.3) is 0 Å². The third-order valence-electron chi connectivity index (χ3n) is 4.00. The van der Waals surface area contributed by atoms with Gasteiger partial charge in [0.2, 0.25) is 0 Å². The van der Waals surface area contributed by atoms with Gasteiger partial charge in [0.05, 0.1) is 6.10 Å². The summed E-state index contributed by atoms with van der Waals surface area (Å²) in [5.74, 6) is 0. The number of hydrogen-bond donors (Lipinski definition) is 1. The molecule has 1 aromatic carbocycles. The monoisotopic (exact) mass is 231 g/mol. The number of ether oxygens (including phenoxy) is 1. The van der Waals surface area contributed by atoms with E-state index in [2.05, 4.69) is 29.6 Å². The van der Waals surface area contributed by atoms with Crippen molar-refractivity contribution in [3.8, 4) is 0 Å². The molecule has 1 aliphatic heterocycles. The average Bonchev–Trinajstić information content (AvgIpc) is 2.81. The quantitative estimate of drug-likeness (QED) is 0.863. The molecule has 1 fully saturated rings. The maximum Gasteiger partial charge on any atom is 0.0699 e. The van der Waals surface area contributed by atoms with Gasteiger partial charge in [0, 0.05) is 19.2 Å². The molecule has 3 rings (SSSR count). The summed E-state index contributed by atoms with van der Waals surface area (Å²) in [5.41, 5.74) is 3.03. The highest BCUT2D eigenvalue weighted by Gasteiger charge is 2.23. The van der Waals surface area contributed by atoms with Gasteiger partial charge in [-0.05, 0) is 43.2 Å². The van der Waals surface area contributed by atoms with Crippen LogP contribution in [0.1, 0.15) is 42.9 Å². The van der Waals surface area contributed by atoms with E-state index in [1.54, 1.807) is 0 Å². The van der Waals surface area contributed by atoms with Crippen molar-refractivity contribution in [2.24, 2.45) is 0 Å². The van der Waals surface area contributed by atoms with E-state index in [0.29, 0.717) is 12.1 Å². The largest absolute Gasteiger partial charge is 0.377 e. The summed E-state index contributed by atoms with van der Waals surface area (Å²) in [6, 6.07) is 9.37. The van der Waals surface area contributed by atoms with Crippen LogP contribution >= 0.6 is 0 Å². The lowest BCUT2D eigenvalue weighted by molar-refractivity contribution is 0.0153. The second-order valence-electron chi connectivity index (χ2n) is 5.19.